The highest BCUT2D eigenvalue weighted by molar-refractivity contribution is 5.31. The molecular weight excluding hydrogens is 230 g/mol. The van der Waals surface area contributed by atoms with Crippen LogP contribution in [-0.4, -0.2) is 41.6 Å². The third-order valence-electron chi connectivity index (χ3n) is 2.87. The Labute approximate surface area is 109 Å². The van der Waals surface area contributed by atoms with Crippen molar-refractivity contribution in [2.75, 3.05) is 19.8 Å². The first-order valence-electron chi connectivity index (χ1n) is 6.26. The van der Waals surface area contributed by atoms with Crippen LogP contribution in [0.25, 0.3) is 0 Å². The lowest BCUT2D eigenvalue weighted by Crippen LogP contribution is -2.97. The molecule has 0 saturated carbocycles. The Bertz CT molecular complexity index is 366. The first-order valence-corrected chi connectivity index (χ1v) is 6.26. The van der Waals surface area contributed by atoms with Crippen LogP contribution in [-0.2, 0) is 0 Å². The van der Waals surface area contributed by atoms with Crippen LogP contribution in [0.5, 0.6) is 5.75 Å². The van der Waals surface area contributed by atoms with Gasteiger partial charge in [0.15, 0.2) is 0 Å². The lowest BCUT2D eigenvalue weighted by Gasteiger charge is -2.22. The minimum atomic E-state index is -0.546. The Morgan fingerprint density at radius 3 is 2.61 bits per heavy atom. The van der Waals surface area contributed by atoms with Crippen LogP contribution in [0.2, 0.25) is 0 Å². The minimum absolute atomic E-state index is 0.0817. The molecule has 4 nitrogen and oxygen atoms in total. The molecule has 18 heavy (non-hydrogen) atoms. The Kier molecular flexibility index (Phi) is 5.59. The topological polar surface area (TPSA) is 66.3 Å². The smallest absolute Gasteiger partial charge is 0.137 e. The van der Waals surface area contributed by atoms with Crippen molar-refractivity contribution >= 4 is 0 Å². The predicted molar refractivity (Wildman–Crippen MR) is 70.6 cm³/mol. The molecule has 1 atom stereocenters. The van der Waals surface area contributed by atoms with Crippen LogP contribution in [0.3, 0.4) is 0 Å². The molecule has 102 valence electrons. The second kappa shape index (κ2) is 6.73. The van der Waals surface area contributed by atoms with Gasteiger partial charge in [-0.25, -0.2) is 0 Å². The maximum atomic E-state index is 9.82. The van der Waals surface area contributed by atoms with Gasteiger partial charge in [0.25, 0.3) is 0 Å². The lowest BCUT2D eigenvalue weighted by molar-refractivity contribution is -0.727. The summed E-state index contributed by atoms with van der Waals surface area (Å²) >= 11 is 0. The fourth-order valence-electron chi connectivity index (χ4n) is 1.49. The molecule has 0 aliphatic heterocycles. The van der Waals surface area contributed by atoms with Gasteiger partial charge < -0.3 is 20.3 Å². The summed E-state index contributed by atoms with van der Waals surface area (Å²) in [5.74, 6) is 0.804. The zero-order chi connectivity index (χ0) is 13.6. The van der Waals surface area contributed by atoms with E-state index in [1.54, 1.807) is 0 Å². The van der Waals surface area contributed by atoms with E-state index in [0.717, 1.165) is 11.3 Å². The Hall–Kier alpha value is -1.10. The summed E-state index contributed by atoms with van der Waals surface area (Å²) < 4.78 is 5.56. The SMILES string of the molecule is Cc1ccccc1OC[C@H](O)C[NH2+]C(C)(C)CO. The number of quaternary nitrogens is 1. The average molecular weight is 254 g/mol. The van der Waals surface area contributed by atoms with Crippen LogP contribution in [0.1, 0.15) is 19.4 Å². The number of nitrogens with two attached hydrogens (primary N) is 1. The lowest BCUT2D eigenvalue weighted by atomic mass is 10.1. The molecule has 0 aromatic heterocycles. The largest absolute Gasteiger partial charge is 0.490 e. The van der Waals surface area contributed by atoms with E-state index < -0.39 is 6.10 Å². The quantitative estimate of drug-likeness (QED) is 0.645. The van der Waals surface area contributed by atoms with Crippen molar-refractivity contribution < 1.29 is 20.3 Å². The van der Waals surface area contributed by atoms with Gasteiger partial charge in [0.2, 0.25) is 0 Å². The maximum Gasteiger partial charge on any atom is 0.137 e. The molecule has 1 rings (SSSR count). The summed E-state index contributed by atoms with van der Waals surface area (Å²) in [6.45, 7) is 6.70. The van der Waals surface area contributed by atoms with Gasteiger partial charge in [-0.05, 0) is 32.4 Å². The molecule has 0 heterocycles. The molecule has 0 fully saturated rings. The highest BCUT2D eigenvalue weighted by atomic mass is 16.5. The number of aliphatic hydroxyl groups excluding tert-OH is 2. The van der Waals surface area contributed by atoms with Crippen LogP contribution in [0.15, 0.2) is 24.3 Å². The monoisotopic (exact) mass is 254 g/mol. The van der Waals surface area contributed by atoms with E-state index in [1.165, 1.54) is 0 Å². The fourth-order valence-corrected chi connectivity index (χ4v) is 1.49. The van der Waals surface area contributed by atoms with Crippen LogP contribution in [0, 0.1) is 6.92 Å². The molecule has 4 heteroatoms. The summed E-state index contributed by atoms with van der Waals surface area (Å²) in [5.41, 5.74) is 0.799. The average Bonchev–Trinajstić information content (AvgIpc) is 2.35. The standard InChI is InChI=1S/C14H23NO3/c1-11-6-4-5-7-13(11)18-9-12(17)8-15-14(2,3)10-16/h4-7,12,15-17H,8-10H2,1-3H3/p+1/t12-/m1/s1. The minimum Gasteiger partial charge on any atom is -0.490 e. The second-order valence-corrected chi connectivity index (χ2v) is 5.32. The number of hydrogen-bond acceptors (Lipinski definition) is 3. The number of rotatable bonds is 7. The van der Waals surface area contributed by atoms with Gasteiger partial charge in [0, 0.05) is 0 Å². The predicted octanol–water partition coefficient (Wildman–Crippen LogP) is 0.0690. The van der Waals surface area contributed by atoms with E-state index in [4.69, 9.17) is 9.84 Å². The van der Waals surface area contributed by atoms with Crippen molar-refractivity contribution in [3.63, 3.8) is 0 Å². The third-order valence-corrected chi connectivity index (χ3v) is 2.87. The first kappa shape index (κ1) is 15.0. The summed E-state index contributed by atoms with van der Waals surface area (Å²) in [7, 11) is 0. The van der Waals surface area contributed by atoms with E-state index in [0.29, 0.717) is 6.54 Å². The summed E-state index contributed by atoms with van der Waals surface area (Å²) in [6, 6.07) is 7.73. The number of ether oxygens (including phenoxy) is 1. The Morgan fingerprint density at radius 1 is 1.33 bits per heavy atom. The number of aryl methyl sites for hydroxylation is 1. The van der Waals surface area contributed by atoms with Gasteiger partial charge in [-0.15, -0.1) is 0 Å². The molecule has 1 aromatic rings. The molecule has 4 N–H and O–H groups in total. The molecule has 0 bridgehead atoms. The van der Waals surface area contributed by atoms with Gasteiger partial charge in [0.05, 0.1) is 6.61 Å². The third kappa shape index (κ3) is 5.04. The van der Waals surface area contributed by atoms with Crippen LogP contribution in [0.4, 0.5) is 0 Å². The molecular formula is C14H24NO3+. The first-order chi connectivity index (χ1) is 8.44. The molecule has 0 amide bonds. The molecule has 0 radical (unpaired) electrons. The maximum absolute atomic E-state index is 9.82. The highest BCUT2D eigenvalue weighted by Gasteiger charge is 2.21. The Morgan fingerprint density at radius 2 is 2.00 bits per heavy atom. The van der Waals surface area contributed by atoms with Crippen molar-refractivity contribution in [2.24, 2.45) is 0 Å². The highest BCUT2D eigenvalue weighted by Crippen LogP contribution is 2.15. The molecule has 0 unspecified atom stereocenters. The van der Waals surface area contributed by atoms with Crippen LogP contribution >= 0.6 is 0 Å². The van der Waals surface area contributed by atoms with E-state index in [2.05, 4.69) is 0 Å². The van der Waals surface area contributed by atoms with E-state index in [1.807, 2.05) is 50.4 Å². The number of aliphatic hydroxyl groups is 2. The number of hydrogen-bond donors (Lipinski definition) is 3. The summed E-state index contributed by atoms with van der Waals surface area (Å²) in [6.07, 6.45) is -0.546. The van der Waals surface area contributed by atoms with Crippen LogP contribution < -0.4 is 10.1 Å². The second-order valence-electron chi connectivity index (χ2n) is 5.32. The van der Waals surface area contributed by atoms with Crippen molar-refractivity contribution in [2.45, 2.75) is 32.4 Å². The molecule has 1 aromatic carbocycles. The van der Waals surface area contributed by atoms with Gasteiger partial charge >= 0.3 is 0 Å². The zero-order valence-electron chi connectivity index (χ0n) is 11.4. The van der Waals surface area contributed by atoms with Gasteiger partial charge in [-0.3, -0.25) is 0 Å². The van der Waals surface area contributed by atoms with Crippen molar-refractivity contribution in [1.29, 1.82) is 0 Å². The van der Waals surface area contributed by atoms with E-state index in [9.17, 15) is 5.11 Å². The number of para-hydroxylation sites is 1. The number of benzene rings is 1. The molecule has 0 saturated heterocycles. The normalized spacial score (nSPS) is 13.4. The summed E-state index contributed by atoms with van der Waals surface area (Å²) in [4.78, 5) is 0. The van der Waals surface area contributed by atoms with Crippen molar-refractivity contribution in [3.05, 3.63) is 29.8 Å². The zero-order valence-corrected chi connectivity index (χ0v) is 11.4. The van der Waals surface area contributed by atoms with Crippen molar-refractivity contribution in [1.82, 2.24) is 0 Å². The van der Waals surface area contributed by atoms with Crippen molar-refractivity contribution in [3.8, 4) is 5.75 Å². The van der Waals surface area contributed by atoms with E-state index in [-0.39, 0.29) is 18.8 Å². The van der Waals surface area contributed by atoms with Gasteiger partial charge in [0.1, 0.15) is 30.5 Å². The Balaban J connectivity index is 2.34. The van der Waals surface area contributed by atoms with Gasteiger partial charge in [-0.1, -0.05) is 18.2 Å². The molecule has 0 aliphatic carbocycles. The fraction of sp³-hybridized carbons (Fsp3) is 0.571. The van der Waals surface area contributed by atoms with E-state index >= 15 is 0 Å². The summed E-state index contributed by atoms with van der Waals surface area (Å²) in [5, 5.41) is 20.9. The molecule has 0 spiro atoms. The van der Waals surface area contributed by atoms with Gasteiger partial charge in [-0.2, -0.15) is 0 Å². The molecule has 0 aliphatic rings.